The van der Waals surface area contributed by atoms with Gasteiger partial charge in [0, 0.05) is 20.1 Å². The van der Waals surface area contributed by atoms with Crippen molar-refractivity contribution in [1.82, 2.24) is 15.1 Å². The second-order valence-corrected chi connectivity index (χ2v) is 4.88. The van der Waals surface area contributed by atoms with Gasteiger partial charge in [-0.25, -0.2) is 0 Å². The molecule has 0 aliphatic rings. The molecule has 1 rings (SSSR count). The Morgan fingerprint density at radius 3 is 2.50 bits per heavy atom. The Hall–Kier alpha value is -0.870. The number of aliphatic hydroxyl groups is 1. The summed E-state index contributed by atoms with van der Waals surface area (Å²) in [4.78, 5) is 0. The zero-order valence-corrected chi connectivity index (χ0v) is 12.1. The molecule has 0 spiro atoms. The van der Waals surface area contributed by atoms with Crippen LogP contribution in [0.15, 0.2) is 6.07 Å². The highest BCUT2D eigenvalue weighted by atomic mass is 16.3. The molecule has 1 heterocycles. The number of aromatic nitrogens is 2. The van der Waals surface area contributed by atoms with Crippen LogP contribution in [0.1, 0.15) is 45.0 Å². The van der Waals surface area contributed by atoms with Crippen molar-refractivity contribution in [2.75, 3.05) is 6.54 Å². The molecule has 2 N–H and O–H groups in total. The first-order valence-electron chi connectivity index (χ1n) is 7.02. The number of nitrogens with zero attached hydrogens (tertiary/aromatic N) is 2. The average molecular weight is 253 g/mol. The van der Waals surface area contributed by atoms with Crippen molar-refractivity contribution in [3.63, 3.8) is 0 Å². The van der Waals surface area contributed by atoms with E-state index >= 15 is 0 Å². The van der Waals surface area contributed by atoms with Gasteiger partial charge in [-0.05, 0) is 18.4 Å². The maximum Gasteiger partial charge on any atom is 0.0692 e. The van der Waals surface area contributed by atoms with Crippen molar-refractivity contribution in [1.29, 1.82) is 0 Å². The maximum absolute atomic E-state index is 10.0. The van der Waals surface area contributed by atoms with Crippen LogP contribution in [-0.4, -0.2) is 27.5 Å². The smallest absolute Gasteiger partial charge is 0.0692 e. The Morgan fingerprint density at radius 2 is 2.00 bits per heavy atom. The highest BCUT2D eigenvalue weighted by Gasteiger charge is 2.14. The van der Waals surface area contributed by atoms with Gasteiger partial charge in [0.15, 0.2) is 0 Å². The van der Waals surface area contributed by atoms with Gasteiger partial charge in [-0.15, -0.1) is 0 Å². The zero-order valence-electron chi connectivity index (χ0n) is 12.1. The van der Waals surface area contributed by atoms with E-state index in [1.165, 1.54) is 5.69 Å². The van der Waals surface area contributed by atoms with Gasteiger partial charge in [0.1, 0.15) is 0 Å². The fourth-order valence-electron chi connectivity index (χ4n) is 2.26. The molecule has 18 heavy (non-hydrogen) atoms. The second kappa shape index (κ2) is 7.54. The van der Waals surface area contributed by atoms with Crippen molar-refractivity contribution in [3.05, 3.63) is 17.5 Å². The van der Waals surface area contributed by atoms with Crippen LogP contribution in [0.5, 0.6) is 0 Å². The van der Waals surface area contributed by atoms with Crippen LogP contribution >= 0.6 is 0 Å². The van der Waals surface area contributed by atoms with E-state index < -0.39 is 0 Å². The Bertz CT molecular complexity index is 345. The first-order chi connectivity index (χ1) is 8.62. The third-order valence-corrected chi connectivity index (χ3v) is 3.64. The van der Waals surface area contributed by atoms with Crippen molar-refractivity contribution in [2.45, 2.75) is 52.7 Å². The minimum absolute atomic E-state index is 0.251. The van der Waals surface area contributed by atoms with Crippen LogP contribution in [0, 0.1) is 5.92 Å². The molecule has 1 aromatic rings. The molecule has 1 atom stereocenters. The van der Waals surface area contributed by atoms with Crippen LogP contribution in [-0.2, 0) is 20.0 Å². The standard InChI is InChI=1S/C14H27N3O/c1-5-11(6-2)14(18)10-15-9-13-8-12(7-3)16-17(13)4/h8,11,14-15,18H,5-7,9-10H2,1-4H3. The van der Waals surface area contributed by atoms with E-state index in [-0.39, 0.29) is 6.10 Å². The molecule has 1 aromatic heterocycles. The number of rotatable bonds is 8. The third-order valence-electron chi connectivity index (χ3n) is 3.64. The Morgan fingerprint density at radius 1 is 1.33 bits per heavy atom. The summed E-state index contributed by atoms with van der Waals surface area (Å²) in [6.45, 7) is 7.79. The molecule has 0 aliphatic heterocycles. The lowest BCUT2D eigenvalue weighted by Crippen LogP contribution is -2.32. The van der Waals surface area contributed by atoms with Gasteiger partial charge >= 0.3 is 0 Å². The molecule has 104 valence electrons. The van der Waals surface area contributed by atoms with Crippen molar-refractivity contribution in [2.24, 2.45) is 13.0 Å². The van der Waals surface area contributed by atoms with Gasteiger partial charge in [-0.3, -0.25) is 4.68 Å². The predicted octanol–water partition coefficient (Wildman–Crippen LogP) is 1.87. The van der Waals surface area contributed by atoms with Gasteiger partial charge in [-0.2, -0.15) is 5.10 Å². The number of nitrogens with one attached hydrogen (secondary N) is 1. The summed E-state index contributed by atoms with van der Waals surface area (Å²) >= 11 is 0. The summed E-state index contributed by atoms with van der Waals surface area (Å²) < 4.78 is 1.91. The van der Waals surface area contributed by atoms with E-state index in [2.05, 4.69) is 37.3 Å². The predicted molar refractivity (Wildman–Crippen MR) is 74.4 cm³/mol. The molecule has 0 aromatic carbocycles. The lowest BCUT2D eigenvalue weighted by molar-refractivity contribution is 0.101. The van der Waals surface area contributed by atoms with E-state index in [0.29, 0.717) is 12.5 Å². The molecule has 0 fully saturated rings. The maximum atomic E-state index is 10.0. The fourth-order valence-corrected chi connectivity index (χ4v) is 2.26. The molecule has 0 bridgehead atoms. The van der Waals surface area contributed by atoms with Crippen molar-refractivity contribution >= 4 is 0 Å². The number of aliphatic hydroxyl groups excluding tert-OH is 1. The Kier molecular flexibility index (Phi) is 6.36. The van der Waals surface area contributed by atoms with Gasteiger partial charge in [0.2, 0.25) is 0 Å². The summed E-state index contributed by atoms with van der Waals surface area (Å²) in [6, 6.07) is 2.12. The molecule has 0 aliphatic carbocycles. The Balaban J connectivity index is 2.38. The van der Waals surface area contributed by atoms with Crippen LogP contribution in [0.4, 0.5) is 0 Å². The molecule has 0 radical (unpaired) electrons. The molecule has 0 saturated heterocycles. The zero-order chi connectivity index (χ0) is 13.5. The fraction of sp³-hybridized carbons (Fsp3) is 0.786. The van der Waals surface area contributed by atoms with E-state index in [0.717, 1.165) is 31.5 Å². The van der Waals surface area contributed by atoms with Crippen LogP contribution < -0.4 is 5.32 Å². The third kappa shape index (κ3) is 4.10. The van der Waals surface area contributed by atoms with Crippen molar-refractivity contribution < 1.29 is 5.11 Å². The number of aryl methyl sites for hydroxylation is 2. The molecule has 4 nitrogen and oxygen atoms in total. The summed E-state index contributed by atoms with van der Waals surface area (Å²) in [5, 5.41) is 17.7. The summed E-state index contributed by atoms with van der Waals surface area (Å²) in [6.07, 6.45) is 2.78. The largest absolute Gasteiger partial charge is 0.392 e. The summed E-state index contributed by atoms with van der Waals surface area (Å²) in [5.74, 6) is 0.398. The SMILES string of the molecule is CCc1cc(CNCC(O)C(CC)CC)n(C)n1. The molecule has 4 heteroatoms. The van der Waals surface area contributed by atoms with Crippen LogP contribution in [0.2, 0.25) is 0 Å². The quantitative estimate of drug-likeness (QED) is 0.743. The normalized spacial score (nSPS) is 13.2. The molecule has 0 amide bonds. The molecular weight excluding hydrogens is 226 g/mol. The van der Waals surface area contributed by atoms with Gasteiger partial charge in [0.25, 0.3) is 0 Å². The lowest BCUT2D eigenvalue weighted by atomic mass is 9.96. The molecule has 1 unspecified atom stereocenters. The minimum atomic E-state index is -0.251. The summed E-state index contributed by atoms with van der Waals surface area (Å²) in [5.41, 5.74) is 2.29. The van der Waals surface area contributed by atoms with E-state index in [1.807, 2.05) is 11.7 Å². The number of hydrogen-bond acceptors (Lipinski definition) is 3. The minimum Gasteiger partial charge on any atom is -0.392 e. The highest BCUT2D eigenvalue weighted by molar-refractivity contribution is 5.09. The monoisotopic (exact) mass is 253 g/mol. The first-order valence-corrected chi connectivity index (χ1v) is 7.02. The van der Waals surface area contributed by atoms with Gasteiger partial charge in [-0.1, -0.05) is 33.6 Å². The van der Waals surface area contributed by atoms with Gasteiger partial charge in [0.05, 0.1) is 17.5 Å². The molecular formula is C14H27N3O. The van der Waals surface area contributed by atoms with E-state index in [4.69, 9.17) is 0 Å². The van der Waals surface area contributed by atoms with Gasteiger partial charge < -0.3 is 10.4 Å². The highest BCUT2D eigenvalue weighted by Crippen LogP contribution is 2.12. The lowest BCUT2D eigenvalue weighted by Gasteiger charge is -2.20. The topological polar surface area (TPSA) is 50.1 Å². The summed E-state index contributed by atoms with van der Waals surface area (Å²) in [7, 11) is 1.97. The second-order valence-electron chi connectivity index (χ2n) is 4.88. The molecule has 0 saturated carbocycles. The van der Waals surface area contributed by atoms with Crippen molar-refractivity contribution in [3.8, 4) is 0 Å². The van der Waals surface area contributed by atoms with Crippen LogP contribution in [0.3, 0.4) is 0 Å². The average Bonchev–Trinajstić information content (AvgIpc) is 2.72. The Labute approximate surface area is 110 Å². The van der Waals surface area contributed by atoms with E-state index in [1.54, 1.807) is 0 Å². The van der Waals surface area contributed by atoms with Crippen LogP contribution in [0.25, 0.3) is 0 Å². The van der Waals surface area contributed by atoms with E-state index in [9.17, 15) is 5.11 Å². The number of hydrogen-bond donors (Lipinski definition) is 2. The first kappa shape index (κ1) is 15.2.